The molecule has 6 heterocycles. The van der Waals surface area contributed by atoms with E-state index in [2.05, 4.69) is 34.9 Å². The van der Waals surface area contributed by atoms with Crippen LogP contribution in [0.15, 0.2) is 24.4 Å². The van der Waals surface area contributed by atoms with Gasteiger partial charge in [-0.2, -0.15) is 5.10 Å². The lowest BCUT2D eigenvalue weighted by Crippen LogP contribution is -2.48. The number of fused-ring (bicyclic) bond motifs is 3. The molecule has 36 heavy (non-hydrogen) atoms. The summed E-state index contributed by atoms with van der Waals surface area (Å²) in [7, 11) is 0. The van der Waals surface area contributed by atoms with Crippen LogP contribution in [0.2, 0.25) is 0 Å². The number of likely N-dealkylation sites (tertiary alicyclic amines) is 1. The Morgan fingerprint density at radius 3 is 2.64 bits per heavy atom. The summed E-state index contributed by atoms with van der Waals surface area (Å²) in [4.78, 5) is 14.3. The van der Waals surface area contributed by atoms with E-state index in [0.717, 1.165) is 80.5 Å². The van der Waals surface area contributed by atoms with Gasteiger partial charge in [0, 0.05) is 43.1 Å². The number of aliphatic hydroxyl groups excluding tert-OH is 1. The second-order valence-electron chi connectivity index (χ2n) is 10.9. The highest BCUT2D eigenvalue weighted by atomic mass is 16.5. The van der Waals surface area contributed by atoms with Crippen LogP contribution < -0.4 is 4.90 Å². The average Bonchev–Trinajstić information content (AvgIpc) is 3.68. The highest BCUT2D eigenvalue weighted by Gasteiger charge is 2.40. The minimum atomic E-state index is -0.396. The van der Waals surface area contributed by atoms with Crippen molar-refractivity contribution in [1.82, 2.24) is 24.6 Å². The second kappa shape index (κ2) is 8.76. The third-order valence-electron chi connectivity index (χ3n) is 8.61. The summed E-state index contributed by atoms with van der Waals surface area (Å²) in [5.74, 6) is 2.57. The molecule has 0 amide bonds. The fourth-order valence-corrected chi connectivity index (χ4v) is 6.72. The summed E-state index contributed by atoms with van der Waals surface area (Å²) in [6, 6.07) is 7.31. The quantitative estimate of drug-likeness (QED) is 0.596. The Balaban J connectivity index is 1.21. The molecular weight excluding hydrogens is 456 g/mol. The molecule has 1 aromatic carbocycles. The van der Waals surface area contributed by atoms with Crippen LogP contribution in [-0.2, 0) is 9.47 Å². The Morgan fingerprint density at radius 2 is 1.89 bits per heavy atom. The normalized spacial score (nSPS) is 30.6. The number of rotatable bonds is 4. The Bertz CT molecular complexity index is 1290. The number of aromatic nitrogens is 4. The summed E-state index contributed by atoms with van der Waals surface area (Å²) >= 11 is 0. The molecule has 190 valence electrons. The van der Waals surface area contributed by atoms with Crippen LogP contribution in [0.1, 0.15) is 42.1 Å². The van der Waals surface area contributed by atoms with Crippen molar-refractivity contribution in [1.29, 1.82) is 0 Å². The number of benzene rings is 1. The molecule has 7 rings (SSSR count). The van der Waals surface area contributed by atoms with Crippen molar-refractivity contribution in [2.45, 2.75) is 63.3 Å². The number of nitrogens with zero attached hydrogens (tertiary/aromatic N) is 6. The third kappa shape index (κ3) is 3.80. The number of β-amino-alcohol motifs (C(OH)–C–C–N with tert-alkyl or cyclic N) is 1. The molecule has 3 unspecified atom stereocenters. The van der Waals surface area contributed by atoms with E-state index in [4.69, 9.17) is 24.5 Å². The minimum Gasteiger partial charge on any atom is -0.391 e. The molecule has 0 spiro atoms. The number of piperidine rings is 1. The number of aliphatic hydroxyl groups is 1. The zero-order valence-corrected chi connectivity index (χ0v) is 21.0. The van der Waals surface area contributed by atoms with E-state index in [1.54, 1.807) is 0 Å². The van der Waals surface area contributed by atoms with Crippen molar-refractivity contribution < 1.29 is 14.6 Å². The Morgan fingerprint density at radius 1 is 1.00 bits per heavy atom. The summed E-state index contributed by atoms with van der Waals surface area (Å²) in [5, 5.41) is 17.0. The van der Waals surface area contributed by atoms with Gasteiger partial charge >= 0.3 is 0 Å². The van der Waals surface area contributed by atoms with Gasteiger partial charge in [0.15, 0.2) is 5.82 Å². The molecule has 0 saturated carbocycles. The second-order valence-corrected chi connectivity index (χ2v) is 10.9. The van der Waals surface area contributed by atoms with E-state index >= 15 is 0 Å². The van der Waals surface area contributed by atoms with Crippen molar-refractivity contribution in [2.75, 3.05) is 44.4 Å². The Labute approximate surface area is 211 Å². The first-order chi connectivity index (χ1) is 17.5. The molecule has 5 atom stereocenters. The molecule has 4 saturated heterocycles. The van der Waals surface area contributed by atoms with Gasteiger partial charge in [0.1, 0.15) is 11.6 Å². The van der Waals surface area contributed by atoms with Gasteiger partial charge in [0.25, 0.3) is 0 Å². The van der Waals surface area contributed by atoms with Crippen LogP contribution in [0.5, 0.6) is 0 Å². The third-order valence-corrected chi connectivity index (χ3v) is 8.61. The van der Waals surface area contributed by atoms with Gasteiger partial charge in [-0.15, -0.1) is 0 Å². The van der Waals surface area contributed by atoms with E-state index in [1.807, 2.05) is 17.8 Å². The lowest BCUT2D eigenvalue weighted by molar-refractivity contribution is 0.0264. The van der Waals surface area contributed by atoms with E-state index in [9.17, 15) is 5.11 Å². The minimum absolute atomic E-state index is 0.110. The van der Waals surface area contributed by atoms with Crippen LogP contribution in [0.3, 0.4) is 0 Å². The SMILES string of the molecule is Cc1nc(N2C[C@@H]3C[C@H]2CO3)cc(-n2ncc3cc(C)c(C4CCN(C5CCOC5)CC4O)cc32)n1. The van der Waals surface area contributed by atoms with Crippen LogP contribution in [0.4, 0.5) is 5.82 Å². The summed E-state index contributed by atoms with van der Waals surface area (Å²) in [6.07, 6.45) is 4.90. The van der Waals surface area contributed by atoms with E-state index in [0.29, 0.717) is 24.7 Å². The van der Waals surface area contributed by atoms with E-state index in [-0.39, 0.29) is 5.92 Å². The topological polar surface area (TPSA) is 88.8 Å². The summed E-state index contributed by atoms with van der Waals surface area (Å²) in [6.45, 7) is 9.05. The predicted octanol–water partition coefficient (Wildman–Crippen LogP) is 2.35. The number of aryl methyl sites for hydroxylation is 2. The molecule has 0 radical (unpaired) electrons. The van der Waals surface area contributed by atoms with Crippen molar-refractivity contribution >= 4 is 16.7 Å². The van der Waals surface area contributed by atoms with Crippen LogP contribution >= 0.6 is 0 Å². The van der Waals surface area contributed by atoms with Gasteiger partial charge in [0.2, 0.25) is 0 Å². The molecule has 1 N–H and O–H groups in total. The highest BCUT2D eigenvalue weighted by molar-refractivity contribution is 5.82. The number of hydrogen-bond donors (Lipinski definition) is 1. The summed E-state index contributed by atoms with van der Waals surface area (Å²) in [5.41, 5.74) is 3.43. The fraction of sp³-hybridized carbons (Fsp3) is 0.593. The van der Waals surface area contributed by atoms with Crippen molar-refractivity contribution in [3.63, 3.8) is 0 Å². The Hall–Kier alpha value is -2.59. The van der Waals surface area contributed by atoms with Crippen LogP contribution in [0, 0.1) is 13.8 Å². The molecule has 2 bridgehead atoms. The molecule has 4 aliphatic rings. The summed E-state index contributed by atoms with van der Waals surface area (Å²) < 4.78 is 13.3. The van der Waals surface area contributed by atoms with Crippen molar-refractivity contribution in [3.05, 3.63) is 41.3 Å². The zero-order valence-electron chi connectivity index (χ0n) is 21.0. The van der Waals surface area contributed by atoms with E-state index in [1.165, 1.54) is 11.1 Å². The molecule has 2 aromatic heterocycles. The first-order valence-corrected chi connectivity index (χ1v) is 13.3. The number of morpholine rings is 1. The van der Waals surface area contributed by atoms with Gasteiger partial charge in [0.05, 0.1) is 43.2 Å². The maximum atomic E-state index is 11.2. The molecule has 9 heteroatoms. The lowest BCUT2D eigenvalue weighted by atomic mass is 9.84. The van der Waals surface area contributed by atoms with Crippen molar-refractivity contribution in [3.8, 4) is 5.82 Å². The van der Waals surface area contributed by atoms with Gasteiger partial charge < -0.3 is 19.5 Å². The lowest BCUT2D eigenvalue weighted by Gasteiger charge is -2.39. The fourth-order valence-electron chi connectivity index (χ4n) is 6.72. The molecule has 3 aromatic rings. The largest absolute Gasteiger partial charge is 0.391 e. The molecule has 0 aliphatic carbocycles. The first-order valence-electron chi connectivity index (χ1n) is 13.3. The van der Waals surface area contributed by atoms with Gasteiger partial charge in [-0.1, -0.05) is 0 Å². The average molecular weight is 491 g/mol. The van der Waals surface area contributed by atoms with Gasteiger partial charge in [-0.25, -0.2) is 14.6 Å². The van der Waals surface area contributed by atoms with Crippen LogP contribution in [0.25, 0.3) is 16.7 Å². The number of anilines is 1. The molecule has 4 aliphatic heterocycles. The van der Waals surface area contributed by atoms with Crippen LogP contribution in [-0.4, -0.2) is 93.5 Å². The maximum absolute atomic E-state index is 11.2. The monoisotopic (exact) mass is 490 g/mol. The first kappa shape index (κ1) is 22.6. The predicted molar refractivity (Wildman–Crippen MR) is 136 cm³/mol. The zero-order chi connectivity index (χ0) is 24.4. The molecule has 9 nitrogen and oxygen atoms in total. The standard InChI is InChI=1S/C27H34N6O3/c1-16-7-18-11-28-33(27-10-26(29-17(2)30-27)32-12-21-8-20(32)15-36-21)24(18)9-23(16)22-3-5-31(13-25(22)34)19-4-6-35-14-19/h7,9-11,19-22,25,34H,3-6,8,12-15H2,1-2H3/t19?,20-,21-,22?,25?/m0/s1. The highest BCUT2D eigenvalue weighted by Crippen LogP contribution is 2.36. The smallest absolute Gasteiger partial charge is 0.159 e. The molecule has 4 fully saturated rings. The number of ether oxygens (including phenoxy) is 2. The maximum Gasteiger partial charge on any atom is 0.159 e. The van der Waals surface area contributed by atoms with Gasteiger partial charge in [-0.3, -0.25) is 4.90 Å². The van der Waals surface area contributed by atoms with Crippen molar-refractivity contribution in [2.24, 2.45) is 0 Å². The Kier molecular flexibility index (Phi) is 5.50. The van der Waals surface area contributed by atoms with E-state index < -0.39 is 6.10 Å². The van der Waals surface area contributed by atoms with Gasteiger partial charge in [-0.05, 0) is 62.9 Å². The molecular formula is C27H34N6O3. The number of hydrogen-bond acceptors (Lipinski definition) is 8.